The quantitative estimate of drug-likeness (QED) is 0.158. The van der Waals surface area contributed by atoms with Crippen LogP contribution < -0.4 is 0 Å². The van der Waals surface area contributed by atoms with Crippen LogP contribution in [0.4, 0.5) is 0 Å². The summed E-state index contributed by atoms with van der Waals surface area (Å²) in [4.78, 5) is 10.5. The smallest absolute Gasteiger partial charge is 0.149 e. The first-order valence-electron chi connectivity index (χ1n) is 21.9. The van der Waals surface area contributed by atoms with Crippen molar-refractivity contribution in [2.75, 3.05) is 0 Å². The Hall–Kier alpha value is -7.82. The number of rotatable bonds is 9. The van der Waals surface area contributed by atoms with E-state index >= 15 is 0 Å². The molecule has 0 aliphatic rings. The lowest BCUT2D eigenvalue weighted by Crippen LogP contribution is -2.02. The van der Waals surface area contributed by atoms with E-state index in [0.717, 1.165) is 89.2 Å². The number of aromatic hydroxyl groups is 1. The number of phenols is 1. The number of hydrogen-bond donors (Lipinski definition) is 1. The molecule has 0 fully saturated rings. The Morgan fingerprint density at radius 2 is 1.10 bits per heavy atom. The third-order valence-corrected chi connectivity index (χ3v) is 12.0. The summed E-state index contributed by atoms with van der Waals surface area (Å²) in [5.41, 5.74) is 18.5. The van der Waals surface area contributed by atoms with E-state index in [2.05, 4.69) is 150 Å². The number of para-hydroxylation sites is 1. The lowest BCUT2D eigenvalue weighted by atomic mass is 9.93. The van der Waals surface area contributed by atoms with Crippen LogP contribution in [0.15, 0.2) is 200 Å². The van der Waals surface area contributed by atoms with Crippen molar-refractivity contribution >= 4 is 11.0 Å². The van der Waals surface area contributed by atoms with Gasteiger partial charge >= 0.3 is 0 Å². The topological polar surface area (TPSA) is 50.9 Å². The fraction of sp³-hybridized carbons (Fsp3) is 0.0847. The van der Waals surface area contributed by atoms with E-state index in [1.54, 1.807) is 0 Å². The molecule has 10 aromatic rings. The molecule has 4 nitrogen and oxygen atoms in total. The summed E-state index contributed by atoms with van der Waals surface area (Å²) in [5, 5.41) is 11.8. The first-order chi connectivity index (χ1) is 31.1. The van der Waals surface area contributed by atoms with Gasteiger partial charge in [-0.1, -0.05) is 153 Å². The Labute approximate surface area is 370 Å². The normalized spacial score (nSPS) is 11.8. The molecular formula is C59H47N3O. The van der Waals surface area contributed by atoms with Crippen LogP contribution in [-0.4, -0.2) is 19.6 Å². The third-order valence-electron chi connectivity index (χ3n) is 12.0. The van der Waals surface area contributed by atoms with Crippen LogP contribution in [0.25, 0.3) is 95.0 Å². The average molecular weight is 815 g/mol. The van der Waals surface area contributed by atoms with Crippen LogP contribution in [0, 0.1) is 13.8 Å². The van der Waals surface area contributed by atoms with Crippen LogP contribution >= 0.6 is 0 Å². The molecule has 0 radical (unpaired) electrons. The van der Waals surface area contributed by atoms with Crippen LogP contribution in [0.5, 0.6) is 5.75 Å². The highest BCUT2D eigenvalue weighted by Crippen LogP contribution is 2.43. The van der Waals surface area contributed by atoms with Gasteiger partial charge in [0.2, 0.25) is 0 Å². The lowest BCUT2D eigenvalue weighted by molar-refractivity contribution is 0.472. The first kappa shape index (κ1) is 38.1. The highest BCUT2D eigenvalue weighted by atomic mass is 16.3. The molecule has 0 saturated heterocycles. The Balaban J connectivity index is 1.19. The predicted molar refractivity (Wildman–Crippen MR) is 262 cm³/mol. The molecule has 0 bridgehead atoms. The fourth-order valence-corrected chi connectivity index (χ4v) is 8.76. The molecular weight excluding hydrogens is 767 g/mol. The molecule has 0 saturated carbocycles. The maximum Gasteiger partial charge on any atom is 0.149 e. The Morgan fingerprint density at radius 1 is 0.492 bits per heavy atom. The molecule has 0 spiro atoms. The van der Waals surface area contributed by atoms with E-state index in [4.69, 9.17) is 11.3 Å². The van der Waals surface area contributed by atoms with Crippen LogP contribution in [0.3, 0.4) is 0 Å². The molecule has 0 amide bonds. The summed E-state index contributed by atoms with van der Waals surface area (Å²) in [5.74, 6) is 0.0147. The van der Waals surface area contributed by atoms with Crippen molar-refractivity contribution in [3.8, 4) is 89.7 Å². The summed E-state index contributed by atoms with van der Waals surface area (Å²) in [7, 11) is 0. The van der Waals surface area contributed by atoms with E-state index in [1.807, 2.05) is 82.4 Å². The van der Waals surface area contributed by atoms with Gasteiger partial charge in [0, 0.05) is 24.3 Å². The second kappa shape index (κ2) is 16.6. The van der Waals surface area contributed by atoms with Crippen LogP contribution in [0.2, 0.25) is 0 Å². The molecule has 4 heteroatoms. The van der Waals surface area contributed by atoms with Gasteiger partial charge in [-0.15, -0.1) is 0 Å². The predicted octanol–water partition coefficient (Wildman–Crippen LogP) is 15.5. The fourth-order valence-electron chi connectivity index (χ4n) is 8.76. The van der Waals surface area contributed by atoms with Crippen LogP contribution in [0.1, 0.15) is 37.8 Å². The third kappa shape index (κ3) is 7.62. The second-order valence-electron chi connectivity index (χ2n) is 16.6. The SMILES string of the molecule is [2H]C(C)(C)c1ccc(-n2c(-c3cc(C)cc(C)c3O)nc3c(-c4cc(-c5ccccc5)cc(-c5cc(-c6ccc(-c7ccccc7)cc6)ccn5)c4)cccc32)c(-c2ccccc2)c1. The van der Waals surface area contributed by atoms with Crippen molar-refractivity contribution in [3.63, 3.8) is 0 Å². The number of hydrogen-bond acceptors (Lipinski definition) is 3. The van der Waals surface area contributed by atoms with Crippen molar-refractivity contribution in [2.45, 2.75) is 33.6 Å². The molecule has 0 unspecified atom stereocenters. The summed E-state index contributed by atoms with van der Waals surface area (Å²) in [6.07, 6.45) is 1.90. The molecule has 8 aromatic carbocycles. The molecule has 1 N–H and O–H groups in total. The lowest BCUT2D eigenvalue weighted by Gasteiger charge is -2.18. The van der Waals surface area contributed by atoms with E-state index in [9.17, 15) is 5.11 Å². The summed E-state index contributed by atoms with van der Waals surface area (Å²) >= 11 is 0. The Kier molecular flexibility index (Phi) is 10.0. The molecule has 63 heavy (non-hydrogen) atoms. The minimum Gasteiger partial charge on any atom is -0.507 e. The Bertz CT molecular complexity index is 3310. The Morgan fingerprint density at radius 3 is 1.78 bits per heavy atom. The van der Waals surface area contributed by atoms with Crippen molar-refractivity contribution in [1.82, 2.24) is 14.5 Å². The van der Waals surface area contributed by atoms with E-state index in [0.29, 0.717) is 11.4 Å². The van der Waals surface area contributed by atoms with Gasteiger partial charge in [-0.25, -0.2) is 4.98 Å². The summed E-state index contributed by atoms with van der Waals surface area (Å²) < 4.78 is 11.2. The van der Waals surface area contributed by atoms with Gasteiger partial charge in [0.15, 0.2) is 0 Å². The highest BCUT2D eigenvalue weighted by molar-refractivity contribution is 5.98. The number of benzene rings is 8. The standard InChI is InChI=1S/C59H47N3O/c1-38(2)46-27-28-55(52(36-46)45-19-12-7-13-20-45)62-56-22-14-21-51(57(56)61-59(62)53-32-39(3)31-40(4)58(53)63)49-33-48(42-17-10-6-11-18-42)34-50(35-49)54-37-47(29-30-60-54)44-25-23-43(24-26-44)41-15-8-5-9-16-41/h5-38,63H,1-4H3/i38D. The number of aryl methyl sites for hydroxylation is 2. The van der Waals surface area contributed by atoms with Gasteiger partial charge in [-0.05, 0) is 136 Å². The van der Waals surface area contributed by atoms with Crippen molar-refractivity contribution < 1.29 is 6.48 Å². The maximum atomic E-state index is 11.8. The van der Waals surface area contributed by atoms with Crippen molar-refractivity contribution in [1.29, 1.82) is 0 Å². The number of nitrogens with zero attached hydrogens (tertiary/aromatic N) is 3. The number of phenolic OH excluding ortho intramolecular Hbond substituents is 1. The van der Waals surface area contributed by atoms with Gasteiger partial charge in [-0.2, -0.15) is 0 Å². The largest absolute Gasteiger partial charge is 0.507 e. The molecule has 0 atom stereocenters. The molecule has 304 valence electrons. The summed E-state index contributed by atoms with van der Waals surface area (Å²) in [6.45, 7) is 7.82. The van der Waals surface area contributed by atoms with Crippen molar-refractivity contribution in [2.24, 2.45) is 0 Å². The molecule has 0 aliphatic carbocycles. The van der Waals surface area contributed by atoms with E-state index in [1.165, 1.54) is 11.1 Å². The minimum absolute atomic E-state index is 0.197. The van der Waals surface area contributed by atoms with Crippen molar-refractivity contribution in [3.05, 3.63) is 217 Å². The number of aromatic nitrogens is 3. The zero-order valence-electron chi connectivity index (χ0n) is 36.8. The number of fused-ring (bicyclic) bond motifs is 1. The molecule has 0 aliphatic heterocycles. The van der Waals surface area contributed by atoms with E-state index in [-0.39, 0.29) is 5.75 Å². The number of imidazole rings is 1. The van der Waals surface area contributed by atoms with E-state index < -0.39 is 5.89 Å². The average Bonchev–Trinajstić information content (AvgIpc) is 3.72. The minimum atomic E-state index is -0.816. The molecule has 2 aromatic heterocycles. The number of pyridine rings is 1. The summed E-state index contributed by atoms with van der Waals surface area (Å²) in [6, 6.07) is 67.5. The van der Waals surface area contributed by atoms with Gasteiger partial charge < -0.3 is 5.11 Å². The van der Waals surface area contributed by atoms with Gasteiger partial charge in [0.05, 0.1) is 28.0 Å². The zero-order valence-corrected chi connectivity index (χ0v) is 35.8. The van der Waals surface area contributed by atoms with Gasteiger partial charge in [-0.3, -0.25) is 9.55 Å². The zero-order chi connectivity index (χ0) is 44.0. The molecule has 2 heterocycles. The maximum absolute atomic E-state index is 11.8. The van der Waals surface area contributed by atoms with Crippen LogP contribution in [-0.2, 0) is 0 Å². The van der Waals surface area contributed by atoms with Gasteiger partial charge in [0.1, 0.15) is 11.6 Å². The molecule has 10 rings (SSSR count). The second-order valence-corrected chi connectivity index (χ2v) is 16.6. The highest BCUT2D eigenvalue weighted by Gasteiger charge is 2.24. The first-order valence-corrected chi connectivity index (χ1v) is 21.4. The monoisotopic (exact) mass is 814 g/mol. The van der Waals surface area contributed by atoms with Gasteiger partial charge in [0.25, 0.3) is 0 Å².